The van der Waals surface area contributed by atoms with Crippen molar-refractivity contribution in [3.05, 3.63) is 59.7 Å². The summed E-state index contributed by atoms with van der Waals surface area (Å²) in [6, 6.07) is 13.9. The van der Waals surface area contributed by atoms with Crippen LogP contribution in [0.5, 0.6) is 5.75 Å². The van der Waals surface area contributed by atoms with E-state index in [2.05, 4.69) is 16.6 Å². The zero-order chi connectivity index (χ0) is 26.0. The number of hydrogen-bond donors (Lipinski definition) is 2. The number of nitriles is 1. The summed E-state index contributed by atoms with van der Waals surface area (Å²) in [5, 5.41) is 14.5. The van der Waals surface area contributed by atoms with E-state index in [0.29, 0.717) is 22.6 Å². The van der Waals surface area contributed by atoms with E-state index in [0.717, 1.165) is 4.90 Å². The number of amides is 3. The molecule has 2 aromatic carbocycles. The normalized spacial score (nSPS) is 11.3. The number of terminal acetylenes is 1. The standard InChI is InChI=1S/C26H28N4O5/c1-6-18-7-9-19(10-8-18)23(24(32)29-20-11-13-21(34-5)14-12-20)30(16-15-27)22(31)17-28-25(33)35-26(2,3)4/h1,7-14,23H,16-17H2,2-5H3,(H,28,33)(H,29,32). The molecule has 0 saturated carbocycles. The lowest BCUT2D eigenvalue weighted by molar-refractivity contribution is -0.137. The van der Waals surface area contributed by atoms with Gasteiger partial charge in [0.25, 0.3) is 5.91 Å². The van der Waals surface area contributed by atoms with Gasteiger partial charge in [-0.25, -0.2) is 4.79 Å². The summed E-state index contributed by atoms with van der Waals surface area (Å²) >= 11 is 0. The molecule has 182 valence electrons. The first-order valence-corrected chi connectivity index (χ1v) is 10.7. The summed E-state index contributed by atoms with van der Waals surface area (Å²) in [6.07, 6.45) is 4.64. The molecule has 9 heteroatoms. The average Bonchev–Trinajstić information content (AvgIpc) is 2.82. The second kappa shape index (κ2) is 12.1. The van der Waals surface area contributed by atoms with E-state index < -0.39 is 42.6 Å². The highest BCUT2D eigenvalue weighted by Crippen LogP contribution is 2.24. The molecule has 0 radical (unpaired) electrons. The van der Waals surface area contributed by atoms with Crippen LogP contribution in [0.1, 0.15) is 37.9 Å². The van der Waals surface area contributed by atoms with Gasteiger partial charge in [0.15, 0.2) is 0 Å². The minimum atomic E-state index is -1.17. The topological polar surface area (TPSA) is 121 Å². The summed E-state index contributed by atoms with van der Waals surface area (Å²) in [6.45, 7) is 4.21. The number of carbonyl (C=O) groups is 3. The van der Waals surface area contributed by atoms with Crippen LogP contribution in [0.4, 0.5) is 10.5 Å². The molecule has 0 aliphatic rings. The Bertz CT molecular complexity index is 1120. The van der Waals surface area contributed by atoms with Gasteiger partial charge in [0.05, 0.1) is 13.2 Å². The molecule has 35 heavy (non-hydrogen) atoms. The molecular weight excluding hydrogens is 448 g/mol. The Morgan fingerprint density at radius 3 is 2.23 bits per heavy atom. The number of methoxy groups -OCH3 is 1. The summed E-state index contributed by atoms with van der Waals surface area (Å²) in [4.78, 5) is 39.5. The van der Waals surface area contributed by atoms with Crippen LogP contribution >= 0.6 is 0 Å². The third-order valence-electron chi connectivity index (χ3n) is 4.65. The van der Waals surface area contributed by atoms with E-state index in [1.807, 2.05) is 6.07 Å². The summed E-state index contributed by atoms with van der Waals surface area (Å²) in [5.74, 6) is 1.91. The van der Waals surface area contributed by atoms with Gasteiger partial charge in [0, 0.05) is 11.3 Å². The molecule has 0 aliphatic heterocycles. The Balaban J connectivity index is 2.33. The van der Waals surface area contributed by atoms with Crippen molar-refractivity contribution in [2.24, 2.45) is 0 Å². The molecule has 2 rings (SSSR count). The average molecular weight is 477 g/mol. The van der Waals surface area contributed by atoms with Gasteiger partial charge in [0.2, 0.25) is 5.91 Å². The smallest absolute Gasteiger partial charge is 0.408 e. The van der Waals surface area contributed by atoms with Crippen molar-refractivity contribution in [3.8, 4) is 24.2 Å². The van der Waals surface area contributed by atoms with Crippen LogP contribution < -0.4 is 15.4 Å². The molecular formula is C26H28N4O5. The van der Waals surface area contributed by atoms with Crippen LogP contribution in [-0.2, 0) is 14.3 Å². The maximum atomic E-state index is 13.4. The summed E-state index contributed by atoms with van der Waals surface area (Å²) in [7, 11) is 1.53. The summed E-state index contributed by atoms with van der Waals surface area (Å²) in [5.41, 5.74) is 0.750. The van der Waals surface area contributed by atoms with Crippen LogP contribution in [0.2, 0.25) is 0 Å². The van der Waals surface area contributed by atoms with E-state index in [1.165, 1.54) is 7.11 Å². The Morgan fingerprint density at radius 1 is 1.09 bits per heavy atom. The molecule has 1 unspecified atom stereocenters. The highest BCUT2D eigenvalue weighted by atomic mass is 16.6. The first-order chi connectivity index (χ1) is 16.6. The van der Waals surface area contributed by atoms with Crippen molar-refractivity contribution < 1.29 is 23.9 Å². The highest BCUT2D eigenvalue weighted by molar-refractivity contribution is 5.98. The molecule has 0 bridgehead atoms. The first kappa shape index (κ1) is 26.7. The lowest BCUT2D eigenvalue weighted by atomic mass is 10.0. The first-order valence-electron chi connectivity index (χ1n) is 10.7. The van der Waals surface area contributed by atoms with Gasteiger partial charge in [0.1, 0.15) is 30.5 Å². The van der Waals surface area contributed by atoms with E-state index >= 15 is 0 Å². The number of hydrogen-bond acceptors (Lipinski definition) is 6. The molecule has 0 saturated heterocycles. The zero-order valence-corrected chi connectivity index (χ0v) is 20.1. The van der Waals surface area contributed by atoms with Crippen LogP contribution in [0, 0.1) is 23.7 Å². The monoisotopic (exact) mass is 476 g/mol. The Kier molecular flexibility index (Phi) is 9.25. The number of alkyl carbamates (subject to hydrolysis) is 1. The van der Waals surface area contributed by atoms with Crippen molar-refractivity contribution in [2.75, 3.05) is 25.5 Å². The Labute approximate surface area is 205 Å². The van der Waals surface area contributed by atoms with Crippen molar-refractivity contribution in [1.29, 1.82) is 5.26 Å². The molecule has 0 aromatic heterocycles. The number of benzene rings is 2. The maximum Gasteiger partial charge on any atom is 0.408 e. The molecule has 0 spiro atoms. The largest absolute Gasteiger partial charge is 0.497 e. The van der Waals surface area contributed by atoms with Gasteiger partial charge in [-0.15, -0.1) is 6.42 Å². The third kappa shape index (κ3) is 8.09. The van der Waals surface area contributed by atoms with E-state index in [9.17, 15) is 19.6 Å². The molecule has 3 amide bonds. The molecule has 0 aliphatic carbocycles. The zero-order valence-electron chi connectivity index (χ0n) is 20.1. The molecule has 9 nitrogen and oxygen atoms in total. The van der Waals surface area contributed by atoms with Crippen LogP contribution in [0.15, 0.2) is 48.5 Å². The van der Waals surface area contributed by atoms with Crippen molar-refractivity contribution in [1.82, 2.24) is 10.2 Å². The van der Waals surface area contributed by atoms with Gasteiger partial charge >= 0.3 is 6.09 Å². The second-order valence-electron chi connectivity index (χ2n) is 8.42. The number of ether oxygens (including phenoxy) is 2. The van der Waals surface area contributed by atoms with Gasteiger partial charge in [-0.1, -0.05) is 18.1 Å². The fourth-order valence-corrected chi connectivity index (χ4v) is 3.08. The second-order valence-corrected chi connectivity index (χ2v) is 8.42. The van der Waals surface area contributed by atoms with Crippen molar-refractivity contribution in [2.45, 2.75) is 32.4 Å². The lowest BCUT2D eigenvalue weighted by Gasteiger charge is -2.30. The predicted molar refractivity (Wildman–Crippen MR) is 130 cm³/mol. The SMILES string of the molecule is C#Cc1ccc(C(C(=O)Nc2ccc(OC)cc2)N(CC#N)C(=O)CNC(=O)OC(C)(C)C)cc1. The van der Waals surface area contributed by atoms with Gasteiger partial charge in [-0.3, -0.25) is 9.59 Å². The minimum Gasteiger partial charge on any atom is -0.497 e. The number of nitrogens with zero attached hydrogens (tertiary/aromatic N) is 2. The van der Waals surface area contributed by atoms with Crippen LogP contribution in [-0.4, -0.2) is 48.6 Å². The van der Waals surface area contributed by atoms with Crippen LogP contribution in [0.3, 0.4) is 0 Å². The number of rotatable bonds is 8. The molecule has 2 N–H and O–H groups in total. The predicted octanol–water partition coefficient (Wildman–Crippen LogP) is 3.23. The van der Waals surface area contributed by atoms with Gasteiger partial charge < -0.3 is 25.0 Å². The highest BCUT2D eigenvalue weighted by Gasteiger charge is 2.32. The van der Waals surface area contributed by atoms with Gasteiger partial charge in [-0.2, -0.15) is 5.26 Å². The molecule has 2 aromatic rings. The maximum absolute atomic E-state index is 13.4. The Morgan fingerprint density at radius 2 is 1.71 bits per heavy atom. The van der Waals surface area contributed by atoms with E-state index in [-0.39, 0.29) is 0 Å². The fraction of sp³-hybridized carbons (Fsp3) is 0.308. The number of anilines is 1. The number of nitrogens with one attached hydrogen (secondary N) is 2. The third-order valence-corrected chi connectivity index (χ3v) is 4.65. The number of carbonyl (C=O) groups excluding carboxylic acids is 3. The van der Waals surface area contributed by atoms with E-state index in [1.54, 1.807) is 69.3 Å². The molecule has 0 heterocycles. The van der Waals surface area contributed by atoms with E-state index in [4.69, 9.17) is 15.9 Å². The molecule has 0 fully saturated rings. The fourth-order valence-electron chi connectivity index (χ4n) is 3.08. The van der Waals surface area contributed by atoms with Gasteiger partial charge in [-0.05, 0) is 62.7 Å². The lowest BCUT2D eigenvalue weighted by Crippen LogP contribution is -2.46. The minimum absolute atomic E-state index is 0.396. The van der Waals surface area contributed by atoms with Crippen molar-refractivity contribution >= 4 is 23.6 Å². The van der Waals surface area contributed by atoms with Crippen molar-refractivity contribution in [3.63, 3.8) is 0 Å². The summed E-state index contributed by atoms with van der Waals surface area (Å²) < 4.78 is 10.3. The molecule has 1 atom stereocenters. The Hall–Kier alpha value is -4.50. The van der Waals surface area contributed by atoms with Crippen LogP contribution in [0.25, 0.3) is 0 Å². The quantitative estimate of drug-likeness (QED) is 0.446.